The van der Waals surface area contributed by atoms with Gasteiger partial charge >= 0.3 is 0 Å². The van der Waals surface area contributed by atoms with E-state index in [2.05, 4.69) is 0 Å². The molecule has 0 aromatic heterocycles. The first-order valence-electron chi connectivity index (χ1n) is 10.3. The van der Waals surface area contributed by atoms with Gasteiger partial charge in [0.2, 0.25) is 5.91 Å². The standard InChI is InChI=1S/C25H20Cl2N2O3/c1-14-8-10-18(12-15(14)2)28-24(30)21-22(19-11-9-16(26)13-20(19)27)29(32-23(21)25(28)31)17-6-4-3-5-7-17/h3-13,21-23H,1-2H3/t21-,22+,23-/m1/s1. The van der Waals surface area contributed by atoms with Crippen molar-refractivity contribution in [2.24, 2.45) is 5.92 Å². The molecule has 3 aromatic rings. The lowest BCUT2D eigenvalue weighted by molar-refractivity contribution is -0.126. The van der Waals surface area contributed by atoms with Crippen LogP contribution in [0, 0.1) is 19.8 Å². The second kappa shape index (κ2) is 7.93. The maximum Gasteiger partial charge on any atom is 0.266 e. The fourth-order valence-electron chi connectivity index (χ4n) is 4.39. The summed E-state index contributed by atoms with van der Waals surface area (Å²) in [6.07, 6.45) is -0.943. The summed E-state index contributed by atoms with van der Waals surface area (Å²) in [6, 6.07) is 19.5. The van der Waals surface area contributed by atoms with Crippen molar-refractivity contribution < 1.29 is 14.4 Å². The molecule has 2 saturated heterocycles. The fraction of sp³-hybridized carbons (Fsp3) is 0.200. The molecule has 3 aromatic carbocycles. The molecule has 2 aliphatic heterocycles. The van der Waals surface area contributed by atoms with E-state index in [0.29, 0.717) is 21.3 Å². The summed E-state index contributed by atoms with van der Waals surface area (Å²) >= 11 is 12.7. The number of aryl methyl sites for hydroxylation is 2. The van der Waals surface area contributed by atoms with Crippen LogP contribution < -0.4 is 9.96 Å². The maximum atomic E-state index is 13.7. The predicted octanol–water partition coefficient (Wildman–Crippen LogP) is 5.66. The molecule has 32 heavy (non-hydrogen) atoms. The molecule has 2 amide bonds. The largest absolute Gasteiger partial charge is 0.273 e. The van der Waals surface area contributed by atoms with Crippen molar-refractivity contribution in [1.82, 2.24) is 0 Å². The van der Waals surface area contributed by atoms with Crippen molar-refractivity contribution in [3.63, 3.8) is 0 Å². The van der Waals surface area contributed by atoms with E-state index >= 15 is 0 Å². The molecule has 2 heterocycles. The van der Waals surface area contributed by atoms with Crippen molar-refractivity contribution in [2.75, 3.05) is 9.96 Å². The lowest BCUT2D eigenvalue weighted by Gasteiger charge is -2.29. The van der Waals surface area contributed by atoms with Crippen molar-refractivity contribution in [3.8, 4) is 0 Å². The molecule has 0 radical (unpaired) electrons. The normalized spacial score (nSPS) is 22.6. The molecule has 0 aliphatic carbocycles. The van der Waals surface area contributed by atoms with Gasteiger partial charge in [-0.1, -0.05) is 53.5 Å². The van der Waals surface area contributed by atoms with Crippen molar-refractivity contribution in [3.05, 3.63) is 93.5 Å². The third-order valence-electron chi connectivity index (χ3n) is 6.16. The number of anilines is 2. The molecule has 5 rings (SSSR count). The highest BCUT2D eigenvalue weighted by atomic mass is 35.5. The minimum Gasteiger partial charge on any atom is -0.273 e. The lowest BCUT2D eigenvalue weighted by Crippen LogP contribution is -2.37. The highest BCUT2D eigenvalue weighted by molar-refractivity contribution is 6.35. The number of carbonyl (C=O) groups is 2. The molecule has 5 nitrogen and oxygen atoms in total. The van der Waals surface area contributed by atoms with Crippen LogP contribution >= 0.6 is 23.2 Å². The zero-order chi connectivity index (χ0) is 22.6. The summed E-state index contributed by atoms with van der Waals surface area (Å²) in [5.41, 5.74) is 4.05. The summed E-state index contributed by atoms with van der Waals surface area (Å²) in [5, 5.41) is 2.53. The zero-order valence-electron chi connectivity index (χ0n) is 17.5. The number of hydrogen-bond acceptors (Lipinski definition) is 4. The fourth-order valence-corrected chi connectivity index (χ4v) is 4.91. The second-order valence-electron chi connectivity index (χ2n) is 8.10. The van der Waals surface area contributed by atoms with Crippen LogP contribution in [0.15, 0.2) is 66.7 Å². The second-order valence-corrected chi connectivity index (χ2v) is 8.95. The van der Waals surface area contributed by atoms with E-state index in [0.717, 1.165) is 16.8 Å². The summed E-state index contributed by atoms with van der Waals surface area (Å²) in [7, 11) is 0. The van der Waals surface area contributed by atoms with Crippen LogP contribution in [0.2, 0.25) is 10.0 Å². The van der Waals surface area contributed by atoms with E-state index in [1.165, 1.54) is 4.90 Å². The molecule has 0 saturated carbocycles. The number of rotatable bonds is 3. The number of halogens is 2. The molecule has 0 N–H and O–H groups in total. The molecule has 0 bridgehead atoms. The highest BCUT2D eigenvalue weighted by Gasteiger charge is 2.60. The third-order valence-corrected chi connectivity index (χ3v) is 6.72. The summed E-state index contributed by atoms with van der Waals surface area (Å²) < 4.78 is 0. The Bertz CT molecular complexity index is 1230. The number of fused-ring (bicyclic) bond motifs is 1. The Kier molecular flexibility index (Phi) is 5.20. The monoisotopic (exact) mass is 466 g/mol. The SMILES string of the molecule is Cc1ccc(N2C(=O)[C@H]3[C@@H](ON(c4ccccc4)[C@H]3c3ccc(Cl)cc3Cl)C2=O)cc1C. The molecule has 2 aliphatic rings. The van der Waals surface area contributed by atoms with E-state index in [9.17, 15) is 9.59 Å². The van der Waals surface area contributed by atoms with Gasteiger partial charge in [-0.15, -0.1) is 0 Å². The number of imide groups is 1. The number of para-hydroxylation sites is 1. The van der Waals surface area contributed by atoms with E-state index in [4.69, 9.17) is 28.0 Å². The van der Waals surface area contributed by atoms with E-state index < -0.39 is 18.1 Å². The summed E-state index contributed by atoms with van der Waals surface area (Å²) in [6.45, 7) is 3.94. The predicted molar refractivity (Wildman–Crippen MR) is 125 cm³/mol. The van der Waals surface area contributed by atoms with Gasteiger partial charge in [0.05, 0.1) is 17.4 Å². The van der Waals surface area contributed by atoms with Crippen LogP contribution in [-0.2, 0) is 14.4 Å². The number of amides is 2. The first-order valence-corrected chi connectivity index (χ1v) is 11.0. The van der Waals surface area contributed by atoms with Crippen molar-refractivity contribution >= 4 is 46.4 Å². The van der Waals surface area contributed by atoms with Gasteiger partial charge in [0, 0.05) is 10.0 Å². The topological polar surface area (TPSA) is 49.9 Å². The average Bonchev–Trinajstić information content (AvgIpc) is 3.27. The molecule has 0 spiro atoms. The Morgan fingerprint density at radius 2 is 1.56 bits per heavy atom. The van der Waals surface area contributed by atoms with Crippen LogP contribution in [0.4, 0.5) is 11.4 Å². The first-order chi connectivity index (χ1) is 15.4. The van der Waals surface area contributed by atoms with Gasteiger partial charge in [-0.05, 0) is 66.9 Å². The number of benzene rings is 3. The van der Waals surface area contributed by atoms with Gasteiger partial charge in [-0.2, -0.15) is 0 Å². The Balaban J connectivity index is 1.61. The van der Waals surface area contributed by atoms with Gasteiger partial charge in [-0.3, -0.25) is 14.4 Å². The van der Waals surface area contributed by atoms with Crippen LogP contribution in [0.25, 0.3) is 0 Å². The molecule has 0 unspecified atom stereocenters. The minimum atomic E-state index is -0.943. The first kappa shape index (κ1) is 21.0. The number of carbonyl (C=O) groups excluding carboxylic acids is 2. The highest BCUT2D eigenvalue weighted by Crippen LogP contribution is 2.49. The van der Waals surface area contributed by atoms with E-state index in [1.54, 1.807) is 29.3 Å². The summed E-state index contributed by atoms with van der Waals surface area (Å²) in [4.78, 5) is 34.4. The van der Waals surface area contributed by atoms with E-state index in [-0.39, 0.29) is 11.8 Å². The van der Waals surface area contributed by atoms with Gasteiger partial charge < -0.3 is 0 Å². The minimum absolute atomic E-state index is 0.308. The smallest absolute Gasteiger partial charge is 0.266 e. The van der Waals surface area contributed by atoms with Crippen LogP contribution in [-0.4, -0.2) is 17.9 Å². The maximum absolute atomic E-state index is 13.7. The average molecular weight is 467 g/mol. The number of nitrogens with zero attached hydrogens (tertiary/aromatic N) is 2. The van der Waals surface area contributed by atoms with Crippen molar-refractivity contribution in [1.29, 1.82) is 0 Å². The van der Waals surface area contributed by atoms with Crippen LogP contribution in [0.3, 0.4) is 0 Å². The van der Waals surface area contributed by atoms with E-state index in [1.807, 2.05) is 56.3 Å². The molecular formula is C25H20Cl2N2O3. The van der Waals surface area contributed by atoms with Gasteiger partial charge in [-0.25, -0.2) is 9.96 Å². The van der Waals surface area contributed by atoms with Gasteiger partial charge in [0.1, 0.15) is 5.92 Å². The molecule has 2 fully saturated rings. The van der Waals surface area contributed by atoms with Crippen molar-refractivity contribution in [2.45, 2.75) is 26.0 Å². The Labute approximate surface area is 196 Å². The molecule has 3 atom stereocenters. The summed E-state index contributed by atoms with van der Waals surface area (Å²) in [5.74, 6) is -1.43. The lowest BCUT2D eigenvalue weighted by atomic mass is 9.90. The molecule has 162 valence electrons. The van der Waals surface area contributed by atoms with Crippen LogP contribution in [0.1, 0.15) is 22.7 Å². The van der Waals surface area contributed by atoms with Gasteiger partial charge in [0.25, 0.3) is 5.91 Å². The van der Waals surface area contributed by atoms with Crippen LogP contribution in [0.5, 0.6) is 0 Å². The van der Waals surface area contributed by atoms with Gasteiger partial charge in [0.15, 0.2) is 6.10 Å². The Hall–Kier alpha value is -2.86. The Morgan fingerprint density at radius 3 is 2.25 bits per heavy atom. The number of hydroxylamine groups is 1. The molecule has 7 heteroatoms. The zero-order valence-corrected chi connectivity index (χ0v) is 19.0. The number of hydrogen-bond donors (Lipinski definition) is 0. The third kappa shape index (κ3) is 3.28. The Morgan fingerprint density at radius 1 is 0.812 bits per heavy atom. The molecular weight excluding hydrogens is 447 g/mol. The quantitative estimate of drug-likeness (QED) is 0.467.